The lowest BCUT2D eigenvalue weighted by Crippen LogP contribution is -1.94. The number of rotatable bonds is 2. The molecule has 6 nitrogen and oxygen atoms in total. The van der Waals surface area contributed by atoms with Crippen LogP contribution in [0.25, 0.3) is 16.6 Å². The maximum atomic E-state index is 10.8. The van der Waals surface area contributed by atoms with Gasteiger partial charge in [-0.1, -0.05) is 0 Å². The highest BCUT2D eigenvalue weighted by Gasteiger charge is 2.11. The molecule has 0 aliphatic heterocycles. The Morgan fingerprint density at radius 1 is 1.39 bits per heavy atom. The smallest absolute Gasteiger partial charge is 0.270 e. The van der Waals surface area contributed by atoms with Gasteiger partial charge in [-0.25, -0.2) is 4.98 Å². The fourth-order valence-electron chi connectivity index (χ4n) is 2.03. The van der Waals surface area contributed by atoms with E-state index < -0.39 is 4.92 Å². The quantitative estimate of drug-likeness (QED) is 0.512. The van der Waals surface area contributed by atoms with Gasteiger partial charge in [0.25, 0.3) is 5.69 Å². The minimum absolute atomic E-state index is 0.0593. The number of nitro benzene ring substituents is 1. The molecule has 0 saturated carbocycles. The second-order valence-corrected chi connectivity index (χ2v) is 3.83. The third-order valence-corrected chi connectivity index (χ3v) is 2.85. The maximum Gasteiger partial charge on any atom is 0.270 e. The first-order valence-corrected chi connectivity index (χ1v) is 5.29. The van der Waals surface area contributed by atoms with Crippen LogP contribution in [-0.2, 0) is 0 Å². The van der Waals surface area contributed by atoms with Gasteiger partial charge in [-0.2, -0.15) is 0 Å². The number of ether oxygens (including phenoxy) is 1. The van der Waals surface area contributed by atoms with Crippen molar-refractivity contribution in [1.29, 1.82) is 0 Å². The summed E-state index contributed by atoms with van der Waals surface area (Å²) in [6, 6.07) is 6.47. The molecule has 18 heavy (non-hydrogen) atoms. The second-order valence-electron chi connectivity index (χ2n) is 3.83. The van der Waals surface area contributed by atoms with Crippen LogP contribution in [0.15, 0.2) is 36.7 Å². The number of hydrogen-bond acceptors (Lipinski definition) is 4. The summed E-state index contributed by atoms with van der Waals surface area (Å²) in [5.41, 5.74) is 1.61. The van der Waals surface area contributed by atoms with Gasteiger partial charge in [0.1, 0.15) is 0 Å². The number of benzene rings is 1. The van der Waals surface area contributed by atoms with Crippen molar-refractivity contribution in [3.05, 3.63) is 46.8 Å². The molecule has 0 aliphatic carbocycles. The van der Waals surface area contributed by atoms with Crippen molar-refractivity contribution in [1.82, 2.24) is 9.38 Å². The van der Waals surface area contributed by atoms with Gasteiger partial charge in [0.05, 0.1) is 17.5 Å². The molecule has 0 aliphatic rings. The lowest BCUT2D eigenvalue weighted by molar-refractivity contribution is -0.384. The van der Waals surface area contributed by atoms with Crippen LogP contribution in [0, 0.1) is 10.1 Å². The molecule has 6 heteroatoms. The molecule has 3 aromatic rings. The fourth-order valence-corrected chi connectivity index (χ4v) is 2.03. The molecule has 3 rings (SSSR count). The van der Waals surface area contributed by atoms with Gasteiger partial charge in [-0.05, 0) is 12.1 Å². The molecule has 0 amide bonds. The van der Waals surface area contributed by atoms with E-state index in [1.54, 1.807) is 31.6 Å². The molecule has 1 aromatic carbocycles. The van der Waals surface area contributed by atoms with E-state index in [1.807, 2.05) is 4.40 Å². The summed E-state index contributed by atoms with van der Waals surface area (Å²) in [6.07, 6.45) is 3.46. The molecule has 0 atom stereocenters. The van der Waals surface area contributed by atoms with E-state index in [0.717, 1.165) is 10.9 Å². The van der Waals surface area contributed by atoms with Crippen molar-refractivity contribution in [2.45, 2.75) is 0 Å². The number of hydrogen-bond donors (Lipinski definition) is 0. The monoisotopic (exact) mass is 243 g/mol. The summed E-state index contributed by atoms with van der Waals surface area (Å²) < 4.78 is 7.09. The Hall–Kier alpha value is -2.63. The lowest BCUT2D eigenvalue weighted by Gasteiger charge is -2.06. The number of pyridine rings is 1. The predicted molar refractivity (Wildman–Crippen MR) is 65.9 cm³/mol. The molecule has 90 valence electrons. The first kappa shape index (κ1) is 10.5. The van der Waals surface area contributed by atoms with Gasteiger partial charge in [0.15, 0.2) is 11.4 Å². The Kier molecular flexibility index (Phi) is 2.16. The summed E-state index contributed by atoms with van der Waals surface area (Å²) in [5.74, 6) is 0.591. The SMILES string of the molecule is COc1cc2cc([N+](=O)[O-])ccc2n2ccnc12. The van der Waals surface area contributed by atoms with Crippen LogP contribution in [0.2, 0.25) is 0 Å². The number of nitro groups is 1. The molecule has 0 radical (unpaired) electrons. The van der Waals surface area contributed by atoms with E-state index in [1.165, 1.54) is 12.1 Å². The number of fused-ring (bicyclic) bond motifs is 3. The summed E-state index contributed by atoms with van der Waals surface area (Å²) in [4.78, 5) is 14.6. The van der Waals surface area contributed by atoms with Gasteiger partial charge in [-0.15, -0.1) is 0 Å². The normalized spacial score (nSPS) is 10.9. The standard InChI is InChI=1S/C12H9N3O3/c1-18-11-7-8-6-9(15(16)17)2-3-10(8)14-5-4-13-12(11)14/h2-7H,1H3. The van der Waals surface area contributed by atoms with E-state index >= 15 is 0 Å². The first-order valence-electron chi connectivity index (χ1n) is 5.29. The zero-order valence-electron chi connectivity index (χ0n) is 9.53. The van der Waals surface area contributed by atoms with E-state index in [4.69, 9.17) is 4.74 Å². The number of nitrogens with zero attached hydrogens (tertiary/aromatic N) is 3. The van der Waals surface area contributed by atoms with Crippen molar-refractivity contribution in [3.63, 3.8) is 0 Å². The molecule has 2 aromatic heterocycles. The van der Waals surface area contributed by atoms with Gasteiger partial charge in [-0.3, -0.25) is 14.5 Å². The maximum absolute atomic E-state index is 10.8. The Morgan fingerprint density at radius 2 is 2.22 bits per heavy atom. The highest BCUT2D eigenvalue weighted by molar-refractivity contribution is 5.86. The summed E-state index contributed by atoms with van der Waals surface area (Å²) in [5, 5.41) is 11.5. The second kappa shape index (κ2) is 3.69. The number of imidazole rings is 1. The Labute approximate surface area is 102 Å². The highest BCUT2D eigenvalue weighted by atomic mass is 16.6. The summed E-state index contributed by atoms with van der Waals surface area (Å²) >= 11 is 0. The molecule has 0 saturated heterocycles. The minimum atomic E-state index is -0.413. The van der Waals surface area contributed by atoms with E-state index in [-0.39, 0.29) is 5.69 Å². The van der Waals surface area contributed by atoms with Crippen LogP contribution in [0.1, 0.15) is 0 Å². The third-order valence-electron chi connectivity index (χ3n) is 2.85. The molecular formula is C12H9N3O3. The van der Waals surface area contributed by atoms with E-state index in [9.17, 15) is 10.1 Å². The predicted octanol–water partition coefficient (Wildman–Crippen LogP) is 2.40. The zero-order chi connectivity index (χ0) is 12.7. The molecular weight excluding hydrogens is 234 g/mol. The van der Waals surface area contributed by atoms with Crippen molar-refractivity contribution < 1.29 is 9.66 Å². The van der Waals surface area contributed by atoms with Gasteiger partial charge in [0.2, 0.25) is 0 Å². The van der Waals surface area contributed by atoms with Crippen LogP contribution in [0.4, 0.5) is 5.69 Å². The van der Waals surface area contributed by atoms with Crippen LogP contribution >= 0.6 is 0 Å². The molecule has 2 heterocycles. The van der Waals surface area contributed by atoms with Crippen LogP contribution in [0.3, 0.4) is 0 Å². The van der Waals surface area contributed by atoms with Crippen LogP contribution in [0.5, 0.6) is 5.75 Å². The van der Waals surface area contributed by atoms with Gasteiger partial charge in [0, 0.05) is 29.9 Å². The largest absolute Gasteiger partial charge is 0.493 e. The Balaban J connectivity index is 2.42. The van der Waals surface area contributed by atoms with E-state index in [0.29, 0.717) is 11.4 Å². The number of aromatic nitrogens is 2. The van der Waals surface area contributed by atoms with Crippen LogP contribution in [-0.4, -0.2) is 21.4 Å². The van der Waals surface area contributed by atoms with Crippen molar-refractivity contribution in [2.75, 3.05) is 7.11 Å². The number of methoxy groups -OCH3 is 1. The molecule has 0 spiro atoms. The first-order chi connectivity index (χ1) is 8.70. The average molecular weight is 243 g/mol. The Morgan fingerprint density at radius 3 is 2.94 bits per heavy atom. The highest BCUT2D eigenvalue weighted by Crippen LogP contribution is 2.28. The average Bonchev–Trinajstić information content (AvgIpc) is 2.86. The van der Waals surface area contributed by atoms with Crippen molar-refractivity contribution in [3.8, 4) is 5.75 Å². The van der Waals surface area contributed by atoms with Gasteiger partial charge < -0.3 is 4.74 Å². The third kappa shape index (κ3) is 1.39. The fraction of sp³-hybridized carbons (Fsp3) is 0.0833. The van der Waals surface area contributed by atoms with Gasteiger partial charge >= 0.3 is 0 Å². The zero-order valence-corrected chi connectivity index (χ0v) is 9.53. The summed E-state index contributed by atoms with van der Waals surface area (Å²) in [7, 11) is 1.55. The molecule has 0 N–H and O–H groups in total. The number of non-ortho nitro benzene ring substituents is 1. The van der Waals surface area contributed by atoms with Crippen molar-refractivity contribution >= 4 is 22.2 Å². The summed E-state index contributed by atoms with van der Waals surface area (Å²) in [6.45, 7) is 0. The lowest BCUT2D eigenvalue weighted by atomic mass is 10.2. The van der Waals surface area contributed by atoms with E-state index in [2.05, 4.69) is 4.98 Å². The van der Waals surface area contributed by atoms with Crippen LogP contribution < -0.4 is 4.74 Å². The minimum Gasteiger partial charge on any atom is -0.493 e. The van der Waals surface area contributed by atoms with Crippen molar-refractivity contribution in [2.24, 2.45) is 0 Å². The molecule has 0 unspecified atom stereocenters. The Bertz CT molecular complexity index is 764. The molecule has 0 fully saturated rings. The topological polar surface area (TPSA) is 69.7 Å². The molecule has 0 bridgehead atoms.